The van der Waals surface area contributed by atoms with Crippen LogP contribution in [0.3, 0.4) is 0 Å². The number of imidazole rings is 1. The molecule has 0 saturated carbocycles. The van der Waals surface area contributed by atoms with E-state index in [2.05, 4.69) is 29.2 Å². The lowest BCUT2D eigenvalue weighted by atomic mass is 10.2. The fourth-order valence-electron chi connectivity index (χ4n) is 2.15. The Morgan fingerprint density at radius 1 is 1.50 bits per heavy atom. The van der Waals surface area contributed by atoms with Crippen LogP contribution in [0.5, 0.6) is 0 Å². The van der Waals surface area contributed by atoms with Crippen molar-refractivity contribution in [3.8, 4) is 0 Å². The molecular formula is C13H21N5OS. The number of nitrogens with zero attached hydrogens (tertiary/aromatic N) is 3. The van der Waals surface area contributed by atoms with Gasteiger partial charge in [-0.2, -0.15) is 5.10 Å². The molecule has 2 aromatic heterocycles. The number of aromatic nitrogens is 4. The van der Waals surface area contributed by atoms with Crippen molar-refractivity contribution in [2.75, 3.05) is 6.54 Å². The van der Waals surface area contributed by atoms with Crippen LogP contribution in [-0.4, -0.2) is 31.8 Å². The van der Waals surface area contributed by atoms with Crippen molar-refractivity contribution in [1.82, 2.24) is 24.6 Å². The molecule has 20 heavy (non-hydrogen) atoms. The molecule has 2 rings (SSSR count). The number of hydrogen-bond donors (Lipinski definition) is 2. The first-order valence-electron chi connectivity index (χ1n) is 6.86. The van der Waals surface area contributed by atoms with Gasteiger partial charge >= 0.3 is 0 Å². The molecule has 0 aliphatic carbocycles. The van der Waals surface area contributed by atoms with Crippen LogP contribution in [-0.2, 0) is 17.9 Å². The third kappa shape index (κ3) is 2.77. The van der Waals surface area contributed by atoms with E-state index in [-0.39, 0.29) is 12.5 Å². The molecule has 0 spiro atoms. The van der Waals surface area contributed by atoms with E-state index >= 15 is 0 Å². The maximum absolute atomic E-state index is 12.0. The van der Waals surface area contributed by atoms with E-state index < -0.39 is 0 Å². The molecule has 1 amide bonds. The number of carbonyl (C=O) groups is 1. The van der Waals surface area contributed by atoms with Crippen molar-refractivity contribution < 1.29 is 4.79 Å². The van der Waals surface area contributed by atoms with Gasteiger partial charge in [0.15, 0.2) is 10.4 Å². The Hall–Kier alpha value is -1.63. The zero-order chi connectivity index (χ0) is 14.9. The number of hydrogen-bond acceptors (Lipinski definition) is 3. The Morgan fingerprint density at radius 2 is 2.20 bits per heavy atom. The van der Waals surface area contributed by atoms with Gasteiger partial charge in [0, 0.05) is 13.1 Å². The molecule has 0 radical (unpaired) electrons. The number of rotatable bonds is 5. The lowest BCUT2D eigenvalue weighted by Crippen LogP contribution is -2.30. The van der Waals surface area contributed by atoms with Gasteiger partial charge < -0.3 is 10.3 Å². The molecule has 0 atom stereocenters. The van der Waals surface area contributed by atoms with Gasteiger partial charge in [-0.15, -0.1) is 0 Å². The molecule has 0 saturated heterocycles. The summed E-state index contributed by atoms with van der Waals surface area (Å²) in [4.78, 5) is 15.1. The highest BCUT2D eigenvalue weighted by Gasteiger charge is 2.15. The van der Waals surface area contributed by atoms with Crippen molar-refractivity contribution in [1.29, 1.82) is 0 Å². The van der Waals surface area contributed by atoms with E-state index in [4.69, 9.17) is 12.2 Å². The maximum atomic E-state index is 12.0. The zero-order valence-electron chi connectivity index (χ0n) is 12.4. The van der Waals surface area contributed by atoms with Crippen LogP contribution in [0.1, 0.15) is 26.5 Å². The van der Waals surface area contributed by atoms with Crippen molar-refractivity contribution in [3.05, 3.63) is 10.5 Å². The minimum Gasteiger partial charge on any atom is -0.354 e. The van der Waals surface area contributed by atoms with Crippen molar-refractivity contribution in [3.63, 3.8) is 0 Å². The summed E-state index contributed by atoms with van der Waals surface area (Å²) in [7, 11) is 0. The van der Waals surface area contributed by atoms with Gasteiger partial charge in [0.1, 0.15) is 12.1 Å². The summed E-state index contributed by atoms with van der Waals surface area (Å²) >= 11 is 5.31. The number of H-pyrrole nitrogens is 1. The second-order valence-corrected chi connectivity index (χ2v) is 5.70. The third-order valence-electron chi connectivity index (χ3n) is 3.14. The van der Waals surface area contributed by atoms with Gasteiger partial charge in [0.25, 0.3) is 0 Å². The predicted molar refractivity (Wildman–Crippen MR) is 81.2 cm³/mol. The first-order chi connectivity index (χ1) is 9.43. The van der Waals surface area contributed by atoms with E-state index in [1.165, 1.54) is 0 Å². The lowest BCUT2D eigenvalue weighted by Gasteiger charge is -2.09. The highest BCUT2D eigenvalue weighted by Crippen LogP contribution is 2.17. The molecule has 110 valence electrons. The Morgan fingerprint density at radius 3 is 2.80 bits per heavy atom. The molecule has 0 aliphatic heterocycles. The van der Waals surface area contributed by atoms with E-state index in [0.717, 1.165) is 23.4 Å². The quantitative estimate of drug-likeness (QED) is 0.829. The van der Waals surface area contributed by atoms with Gasteiger partial charge in [-0.25, -0.2) is 4.68 Å². The largest absolute Gasteiger partial charge is 0.354 e. The first kappa shape index (κ1) is 14.8. The summed E-state index contributed by atoms with van der Waals surface area (Å²) in [5.74, 6) is 0.402. The standard InChI is InChI=1S/C13H21N5OS/c1-5-18-12-11(9(4)16-18)15-13(20)17(12)7-10(19)14-6-8(2)3/h8H,5-7H2,1-4H3,(H,14,19)(H,15,20). The van der Waals surface area contributed by atoms with E-state index in [9.17, 15) is 4.79 Å². The van der Waals surface area contributed by atoms with Crippen LogP contribution in [0.4, 0.5) is 0 Å². The van der Waals surface area contributed by atoms with Gasteiger partial charge in [-0.05, 0) is 32.0 Å². The number of nitrogens with one attached hydrogen (secondary N) is 2. The average Bonchev–Trinajstić information content (AvgIpc) is 2.86. The van der Waals surface area contributed by atoms with Crippen LogP contribution in [0.25, 0.3) is 11.2 Å². The van der Waals surface area contributed by atoms with Crippen molar-refractivity contribution >= 4 is 29.3 Å². The molecule has 2 N–H and O–H groups in total. The summed E-state index contributed by atoms with van der Waals surface area (Å²) in [6.45, 7) is 9.72. The first-order valence-corrected chi connectivity index (χ1v) is 7.27. The summed E-state index contributed by atoms with van der Waals surface area (Å²) in [5.41, 5.74) is 2.69. The highest BCUT2D eigenvalue weighted by atomic mass is 32.1. The van der Waals surface area contributed by atoms with E-state index in [1.807, 2.05) is 23.1 Å². The molecule has 0 fully saturated rings. The molecule has 7 heteroatoms. The number of aromatic amines is 1. The van der Waals surface area contributed by atoms with Gasteiger partial charge in [-0.1, -0.05) is 13.8 Å². The summed E-state index contributed by atoms with van der Waals surface area (Å²) in [5, 5.41) is 7.35. The Balaban J connectivity index is 2.32. The molecule has 0 unspecified atom stereocenters. The SMILES string of the molecule is CCn1nc(C)c2[nH]c(=S)n(CC(=O)NCC(C)C)c21. The van der Waals surface area contributed by atoms with Gasteiger partial charge in [-0.3, -0.25) is 9.36 Å². The average molecular weight is 295 g/mol. The van der Waals surface area contributed by atoms with Crippen LogP contribution in [0, 0.1) is 17.6 Å². The number of aryl methyl sites for hydroxylation is 2. The summed E-state index contributed by atoms with van der Waals surface area (Å²) in [6, 6.07) is 0. The van der Waals surface area contributed by atoms with Gasteiger partial charge in [0.2, 0.25) is 5.91 Å². The van der Waals surface area contributed by atoms with Gasteiger partial charge in [0.05, 0.1) is 5.69 Å². The van der Waals surface area contributed by atoms with E-state index in [1.54, 1.807) is 0 Å². The lowest BCUT2D eigenvalue weighted by molar-refractivity contribution is -0.121. The second-order valence-electron chi connectivity index (χ2n) is 5.31. The van der Waals surface area contributed by atoms with Crippen molar-refractivity contribution in [2.45, 2.75) is 40.8 Å². The van der Waals surface area contributed by atoms with Crippen LogP contribution < -0.4 is 5.32 Å². The highest BCUT2D eigenvalue weighted by molar-refractivity contribution is 7.71. The fraction of sp³-hybridized carbons (Fsp3) is 0.615. The molecule has 0 aliphatic rings. The monoisotopic (exact) mass is 295 g/mol. The summed E-state index contributed by atoms with van der Waals surface area (Å²) in [6.07, 6.45) is 0. The minimum absolute atomic E-state index is 0.0304. The predicted octanol–water partition coefficient (Wildman–Crippen LogP) is 2.00. The molecular weight excluding hydrogens is 274 g/mol. The second kappa shape index (κ2) is 5.78. The van der Waals surface area contributed by atoms with E-state index in [0.29, 0.717) is 17.2 Å². The Kier molecular flexibility index (Phi) is 4.27. The van der Waals surface area contributed by atoms with Crippen LogP contribution in [0.15, 0.2) is 0 Å². The minimum atomic E-state index is -0.0304. The topological polar surface area (TPSA) is 67.6 Å². The normalized spacial score (nSPS) is 11.4. The zero-order valence-corrected chi connectivity index (χ0v) is 13.2. The molecule has 0 bridgehead atoms. The smallest absolute Gasteiger partial charge is 0.240 e. The maximum Gasteiger partial charge on any atom is 0.240 e. The molecule has 2 heterocycles. The van der Waals surface area contributed by atoms with Crippen LogP contribution in [0.2, 0.25) is 0 Å². The summed E-state index contributed by atoms with van der Waals surface area (Å²) < 4.78 is 4.23. The third-order valence-corrected chi connectivity index (χ3v) is 3.46. The molecule has 2 aromatic rings. The molecule has 0 aromatic carbocycles. The number of amides is 1. The van der Waals surface area contributed by atoms with Crippen LogP contribution >= 0.6 is 12.2 Å². The Bertz CT molecular complexity index is 679. The Labute approximate surface area is 123 Å². The fourth-order valence-corrected chi connectivity index (χ4v) is 2.40. The molecule has 6 nitrogen and oxygen atoms in total. The van der Waals surface area contributed by atoms with Crippen molar-refractivity contribution in [2.24, 2.45) is 5.92 Å². The number of carbonyl (C=O) groups excluding carboxylic acids is 1. The number of fused-ring (bicyclic) bond motifs is 1.